The molecule has 1 saturated heterocycles. The number of aryl methyl sites for hydroxylation is 4. The highest BCUT2D eigenvalue weighted by Gasteiger charge is 2.39. The van der Waals surface area contributed by atoms with Gasteiger partial charge in [-0.3, -0.25) is 14.5 Å². The van der Waals surface area contributed by atoms with Gasteiger partial charge in [-0.25, -0.2) is 4.99 Å². The first kappa shape index (κ1) is 25.0. The van der Waals surface area contributed by atoms with E-state index in [2.05, 4.69) is 12.2 Å². The molecule has 0 bridgehead atoms. The van der Waals surface area contributed by atoms with Crippen molar-refractivity contribution in [3.63, 3.8) is 0 Å². The van der Waals surface area contributed by atoms with Gasteiger partial charge in [0.1, 0.15) is 5.25 Å². The van der Waals surface area contributed by atoms with E-state index in [0.717, 1.165) is 28.1 Å². The van der Waals surface area contributed by atoms with Crippen molar-refractivity contribution in [3.05, 3.63) is 58.7 Å². The molecular weight excluding hydrogens is 434 g/mol. The number of amides is 2. The van der Waals surface area contributed by atoms with Gasteiger partial charge in [0.15, 0.2) is 5.17 Å². The Hall–Kier alpha value is -2.64. The van der Waals surface area contributed by atoms with Crippen LogP contribution in [0, 0.1) is 27.7 Å². The highest BCUT2D eigenvalue weighted by Crippen LogP contribution is 2.32. The van der Waals surface area contributed by atoms with Gasteiger partial charge >= 0.3 is 0 Å². The first-order valence-corrected chi connectivity index (χ1v) is 12.2. The number of thioether (sulfide) groups is 1. The first-order chi connectivity index (χ1) is 15.8. The van der Waals surface area contributed by atoms with Crippen LogP contribution in [0.15, 0.2) is 41.4 Å². The second-order valence-corrected chi connectivity index (χ2v) is 9.55. The number of amidine groups is 1. The molecule has 1 aliphatic heterocycles. The van der Waals surface area contributed by atoms with Crippen LogP contribution in [0.25, 0.3) is 0 Å². The molecule has 6 nitrogen and oxygen atoms in total. The minimum Gasteiger partial charge on any atom is -0.382 e. The molecule has 0 unspecified atom stereocenters. The number of benzene rings is 2. The first-order valence-electron chi connectivity index (χ1n) is 11.4. The topological polar surface area (TPSA) is 71.0 Å². The van der Waals surface area contributed by atoms with Crippen molar-refractivity contribution in [2.45, 2.75) is 52.7 Å². The van der Waals surface area contributed by atoms with E-state index in [1.807, 2.05) is 64.1 Å². The van der Waals surface area contributed by atoms with Gasteiger partial charge in [0.05, 0.1) is 5.69 Å². The van der Waals surface area contributed by atoms with E-state index in [-0.39, 0.29) is 18.2 Å². The molecule has 2 aromatic rings. The summed E-state index contributed by atoms with van der Waals surface area (Å²) < 4.78 is 5.44. The maximum atomic E-state index is 13.2. The second-order valence-electron chi connectivity index (χ2n) is 8.38. The van der Waals surface area contributed by atoms with E-state index in [1.54, 1.807) is 4.90 Å². The third kappa shape index (κ3) is 6.68. The summed E-state index contributed by atoms with van der Waals surface area (Å²) in [6.07, 6.45) is 0.818. The molecule has 1 atom stereocenters. The van der Waals surface area contributed by atoms with Gasteiger partial charge in [0, 0.05) is 31.9 Å². The third-order valence-electron chi connectivity index (χ3n) is 5.65. The monoisotopic (exact) mass is 467 g/mol. The van der Waals surface area contributed by atoms with Crippen LogP contribution < -0.4 is 5.32 Å². The highest BCUT2D eigenvalue weighted by molar-refractivity contribution is 8.15. The number of nitrogens with zero attached hydrogens (tertiary/aromatic N) is 2. The van der Waals surface area contributed by atoms with Gasteiger partial charge in [0.25, 0.3) is 0 Å². The molecular formula is C26H33N3O3S. The molecule has 3 rings (SSSR count). The molecule has 0 aromatic heterocycles. The Morgan fingerprint density at radius 3 is 2.58 bits per heavy atom. The fraction of sp³-hybridized carbons (Fsp3) is 0.423. The number of hydrogen-bond acceptors (Lipinski definition) is 5. The molecule has 0 aliphatic carbocycles. The summed E-state index contributed by atoms with van der Waals surface area (Å²) in [4.78, 5) is 32.5. The summed E-state index contributed by atoms with van der Waals surface area (Å²) in [7, 11) is 0. The average molecular weight is 468 g/mol. The van der Waals surface area contributed by atoms with Gasteiger partial charge in [0.2, 0.25) is 11.8 Å². The van der Waals surface area contributed by atoms with Crippen LogP contribution in [0.5, 0.6) is 0 Å². The van der Waals surface area contributed by atoms with Crippen molar-refractivity contribution in [2.24, 2.45) is 4.99 Å². The molecule has 1 heterocycles. The average Bonchev–Trinajstić information content (AvgIpc) is 3.05. The number of hydrogen-bond donors (Lipinski definition) is 1. The minimum absolute atomic E-state index is 0.0739. The molecule has 1 N–H and O–H groups in total. The van der Waals surface area contributed by atoms with Crippen LogP contribution in [0.1, 0.15) is 42.0 Å². The van der Waals surface area contributed by atoms with E-state index < -0.39 is 5.25 Å². The van der Waals surface area contributed by atoms with Crippen molar-refractivity contribution in [1.82, 2.24) is 4.90 Å². The van der Waals surface area contributed by atoms with Gasteiger partial charge in [-0.2, -0.15) is 0 Å². The molecule has 1 aliphatic rings. The number of carbonyl (C=O) groups excluding carboxylic acids is 2. The van der Waals surface area contributed by atoms with Crippen LogP contribution in [0.3, 0.4) is 0 Å². The smallest absolute Gasteiger partial charge is 0.242 e. The van der Waals surface area contributed by atoms with Crippen LogP contribution in [-0.2, 0) is 14.3 Å². The predicted octanol–water partition coefficient (Wildman–Crippen LogP) is 5.31. The van der Waals surface area contributed by atoms with Crippen molar-refractivity contribution < 1.29 is 14.3 Å². The number of carbonyl (C=O) groups is 2. The van der Waals surface area contributed by atoms with Crippen molar-refractivity contribution in [3.8, 4) is 0 Å². The highest BCUT2D eigenvalue weighted by atomic mass is 32.2. The van der Waals surface area contributed by atoms with E-state index >= 15 is 0 Å². The molecule has 33 heavy (non-hydrogen) atoms. The number of ether oxygens (including phenoxy) is 1. The fourth-order valence-corrected chi connectivity index (χ4v) is 4.73. The lowest BCUT2D eigenvalue weighted by Gasteiger charge is -2.16. The fourth-order valence-electron chi connectivity index (χ4n) is 3.55. The second kappa shape index (κ2) is 11.5. The van der Waals surface area contributed by atoms with E-state index in [1.165, 1.54) is 17.3 Å². The van der Waals surface area contributed by atoms with Crippen LogP contribution in [-0.4, -0.2) is 46.9 Å². The molecule has 0 radical (unpaired) electrons. The van der Waals surface area contributed by atoms with Crippen LogP contribution >= 0.6 is 11.8 Å². The summed E-state index contributed by atoms with van der Waals surface area (Å²) in [5, 5.41) is 3.12. The molecule has 2 amide bonds. The van der Waals surface area contributed by atoms with Gasteiger partial charge in [-0.15, -0.1) is 0 Å². The van der Waals surface area contributed by atoms with Crippen molar-refractivity contribution >= 4 is 40.1 Å². The van der Waals surface area contributed by atoms with E-state index in [9.17, 15) is 9.59 Å². The number of rotatable bonds is 9. The Bertz CT molecular complexity index is 1050. The molecule has 176 valence electrons. The SMILES string of the molecule is CCOCCCN1C(=O)[C@@H](CC(=O)Nc2cc(C)ccc2C)SC1=Nc1ccc(C)c(C)c1. The maximum Gasteiger partial charge on any atom is 0.242 e. The zero-order valence-corrected chi connectivity index (χ0v) is 20.9. The molecule has 7 heteroatoms. The van der Waals surface area contributed by atoms with Crippen molar-refractivity contribution in [2.75, 3.05) is 25.1 Å². The van der Waals surface area contributed by atoms with Gasteiger partial charge < -0.3 is 10.1 Å². The largest absolute Gasteiger partial charge is 0.382 e. The maximum absolute atomic E-state index is 13.2. The molecule has 0 saturated carbocycles. The molecule has 1 fully saturated rings. The van der Waals surface area contributed by atoms with Crippen molar-refractivity contribution in [1.29, 1.82) is 0 Å². The summed E-state index contributed by atoms with van der Waals surface area (Å²) in [5.41, 5.74) is 6.01. The number of nitrogens with one attached hydrogen (secondary N) is 1. The number of aliphatic imine (C=N–C) groups is 1. The molecule has 2 aromatic carbocycles. The number of anilines is 1. The van der Waals surface area contributed by atoms with Crippen LogP contribution in [0.2, 0.25) is 0 Å². The summed E-state index contributed by atoms with van der Waals surface area (Å²) >= 11 is 1.37. The standard InChI is InChI=1S/C26H33N3O3S/c1-6-32-13-7-12-29-25(31)23(16-24(30)28-22-14-17(2)8-9-19(22)4)33-26(29)27-21-11-10-18(3)20(5)15-21/h8-11,14-15,23H,6-7,12-13,16H2,1-5H3,(H,28,30)/t23-/m1/s1. The Morgan fingerprint density at radius 2 is 1.85 bits per heavy atom. The van der Waals surface area contributed by atoms with Gasteiger partial charge in [-0.1, -0.05) is 30.0 Å². The Labute approximate surface area is 200 Å². The lowest BCUT2D eigenvalue weighted by Crippen LogP contribution is -2.34. The summed E-state index contributed by atoms with van der Waals surface area (Å²) in [6, 6.07) is 12.0. The zero-order chi connectivity index (χ0) is 24.0. The van der Waals surface area contributed by atoms with Crippen LogP contribution in [0.4, 0.5) is 11.4 Å². The molecule has 0 spiro atoms. The van der Waals surface area contributed by atoms with E-state index in [0.29, 0.717) is 31.3 Å². The Morgan fingerprint density at radius 1 is 1.09 bits per heavy atom. The lowest BCUT2D eigenvalue weighted by molar-refractivity contribution is -0.128. The summed E-state index contributed by atoms with van der Waals surface area (Å²) in [6.45, 7) is 11.8. The van der Waals surface area contributed by atoms with Gasteiger partial charge in [-0.05, 0) is 81.5 Å². The minimum atomic E-state index is -0.493. The predicted molar refractivity (Wildman–Crippen MR) is 136 cm³/mol. The Kier molecular flexibility index (Phi) is 8.69. The third-order valence-corrected chi connectivity index (χ3v) is 6.82. The quantitative estimate of drug-likeness (QED) is 0.508. The van der Waals surface area contributed by atoms with E-state index in [4.69, 9.17) is 9.73 Å². The normalized spacial score (nSPS) is 17.1. The lowest BCUT2D eigenvalue weighted by atomic mass is 10.1. The Balaban J connectivity index is 1.75. The summed E-state index contributed by atoms with van der Waals surface area (Å²) in [5.74, 6) is -0.244. The zero-order valence-electron chi connectivity index (χ0n) is 20.1.